The van der Waals surface area contributed by atoms with Crippen molar-refractivity contribution in [2.24, 2.45) is 0 Å². The van der Waals surface area contributed by atoms with E-state index in [1.807, 2.05) is 26.8 Å². The van der Waals surface area contributed by atoms with Gasteiger partial charge in [0.05, 0.1) is 11.9 Å². The summed E-state index contributed by atoms with van der Waals surface area (Å²) >= 11 is 0. The Hall–Kier alpha value is -1.56. The molecule has 5 nitrogen and oxygen atoms in total. The van der Waals surface area contributed by atoms with Crippen molar-refractivity contribution in [2.75, 3.05) is 17.1 Å². The molecule has 0 bridgehead atoms. The van der Waals surface area contributed by atoms with Gasteiger partial charge < -0.3 is 5.32 Å². The summed E-state index contributed by atoms with van der Waals surface area (Å²) in [5, 5.41) is 2.77. The maximum absolute atomic E-state index is 11.9. The second-order valence-corrected chi connectivity index (χ2v) is 6.89. The second kappa shape index (κ2) is 6.74. The minimum absolute atomic E-state index is 0.0291. The number of benzene rings is 1. The highest BCUT2D eigenvalue weighted by Crippen LogP contribution is 2.18. The summed E-state index contributed by atoms with van der Waals surface area (Å²) in [5.41, 5.74) is 1.45. The molecule has 1 aromatic rings. The van der Waals surface area contributed by atoms with Crippen LogP contribution in [0.25, 0.3) is 0 Å². The van der Waals surface area contributed by atoms with Gasteiger partial charge in [-0.15, -0.1) is 0 Å². The molecule has 0 aliphatic heterocycles. The van der Waals surface area contributed by atoms with Crippen molar-refractivity contribution in [1.82, 2.24) is 5.32 Å². The molecule has 1 N–H and O–H groups in total. The van der Waals surface area contributed by atoms with Gasteiger partial charge >= 0.3 is 0 Å². The van der Waals surface area contributed by atoms with E-state index in [2.05, 4.69) is 5.32 Å². The molecule has 0 aliphatic rings. The zero-order chi connectivity index (χ0) is 15.3. The molecule has 112 valence electrons. The maximum atomic E-state index is 11.9. The molecule has 0 spiro atoms. The molecule has 1 aromatic carbocycles. The van der Waals surface area contributed by atoms with E-state index < -0.39 is 10.0 Å². The molecule has 0 saturated heterocycles. The predicted octanol–water partition coefficient (Wildman–Crippen LogP) is 1.68. The highest BCUT2D eigenvalue weighted by molar-refractivity contribution is 7.92. The largest absolute Gasteiger partial charge is 0.352 e. The smallest absolute Gasteiger partial charge is 0.240 e. The lowest BCUT2D eigenvalue weighted by Gasteiger charge is -2.23. The van der Waals surface area contributed by atoms with Gasteiger partial charge in [-0.25, -0.2) is 8.42 Å². The van der Waals surface area contributed by atoms with E-state index in [0.29, 0.717) is 5.69 Å². The summed E-state index contributed by atoms with van der Waals surface area (Å²) in [6.45, 7) is 5.52. The number of hydrogen-bond donors (Lipinski definition) is 1. The standard InChI is InChI=1S/C14H22N2O3S/c1-5-12(3)15-14(17)10-16(20(4,18)19)13-8-6-7-11(2)9-13/h6-9,12H,5,10H2,1-4H3,(H,15,17)/t12-/m0/s1. The number of anilines is 1. The number of carbonyl (C=O) groups is 1. The topological polar surface area (TPSA) is 66.5 Å². The molecular weight excluding hydrogens is 276 g/mol. The third-order valence-electron chi connectivity index (χ3n) is 3.00. The number of hydrogen-bond acceptors (Lipinski definition) is 3. The van der Waals surface area contributed by atoms with Gasteiger partial charge in [0.1, 0.15) is 6.54 Å². The molecule has 0 aromatic heterocycles. The molecule has 20 heavy (non-hydrogen) atoms. The van der Waals surface area contributed by atoms with Crippen LogP contribution in [-0.4, -0.2) is 33.2 Å². The van der Waals surface area contributed by atoms with Gasteiger partial charge in [0.15, 0.2) is 0 Å². The lowest BCUT2D eigenvalue weighted by molar-refractivity contribution is -0.120. The first kappa shape index (κ1) is 16.5. The minimum atomic E-state index is -3.50. The minimum Gasteiger partial charge on any atom is -0.352 e. The zero-order valence-corrected chi connectivity index (χ0v) is 13.2. The van der Waals surface area contributed by atoms with E-state index in [-0.39, 0.29) is 18.5 Å². The lowest BCUT2D eigenvalue weighted by atomic mass is 10.2. The molecule has 0 fully saturated rings. The Morgan fingerprint density at radius 3 is 2.55 bits per heavy atom. The van der Waals surface area contributed by atoms with E-state index in [1.165, 1.54) is 0 Å². The van der Waals surface area contributed by atoms with Crippen molar-refractivity contribution >= 4 is 21.6 Å². The van der Waals surface area contributed by atoms with E-state index in [1.54, 1.807) is 18.2 Å². The third-order valence-corrected chi connectivity index (χ3v) is 4.14. The summed E-state index contributed by atoms with van der Waals surface area (Å²) < 4.78 is 24.9. The number of rotatable bonds is 6. The zero-order valence-electron chi connectivity index (χ0n) is 12.4. The molecule has 0 saturated carbocycles. The number of amides is 1. The molecule has 0 unspecified atom stereocenters. The molecule has 1 rings (SSSR count). The fourth-order valence-electron chi connectivity index (χ4n) is 1.74. The van der Waals surface area contributed by atoms with E-state index in [4.69, 9.17) is 0 Å². The van der Waals surface area contributed by atoms with Gasteiger partial charge in [0.2, 0.25) is 15.9 Å². The first-order valence-corrected chi connectivity index (χ1v) is 8.42. The van der Waals surface area contributed by atoms with Gasteiger partial charge in [0.25, 0.3) is 0 Å². The second-order valence-electron chi connectivity index (χ2n) is 4.99. The highest BCUT2D eigenvalue weighted by Gasteiger charge is 2.21. The van der Waals surface area contributed by atoms with Gasteiger partial charge in [-0.3, -0.25) is 9.10 Å². The van der Waals surface area contributed by atoms with Crippen LogP contribution in [0.3, 0.4) is 0 Å². The van der Waals surface area contributed by atoms with Crippen molar-refractivity contribution in [3.05, 3.63) is 29.8 Å². The fourth-order valence-corrected chi connectivity index (χ4v) is 2.58. The van der Waals surface area contributed by atoms with Crippen molar-refractivity contribution < 1.29 is 13.2 Å². The molecule has 0 aliphatic carbocycles. The monoisotopic (exact) mass is 298 g/mol. The third kappa shape index (κ3) is 4.85. The summed E-state index contributed by atoms with van der Waals surface area (Å²) in [6.07, 6.45) is 1.90. The SMILES string of the molecule is CC[C@H](C)NC(=O)CN(c1cccc(C)c1)S(C)(=O)=O. The molecule has 0 heterocycles. The number of aryl methyl sites for hydroxylation is 1. The van der Waals surface area contributed by atoms with Crippen LogP contribution >= 0.6 is 0 Å². The van der Waals surface area contributed by atoms with Gasteiger partial charge in [-0.1, -0.05) is 19.1 Å². The summed E-state index contributed by atoms with van der Waals surface area (Å²) in [5.74, 6) is -0.300. The van der Waals surface area contributed by atoms with Crippen LogP contribution in [0.4, 0.5) is 5.69 Å². The van der Waals surface area contributed by atoms with Crippen molar-refractivity contribution in [3.8, 4) is 0 Å². The Morgan fingerprint density at radius 2 is 2.05 bits per heavy atom. The Bertz CT molecular complexity index is 570. The number of sulfonamides is 1. The van der Waals surface area contributed by atoms with Crippen molar-refractivity contribution in [1.29, 1.82) is 0 Å². The molecule has 6 heteroatoms. The van der Waals surface area contributed by atoms with Crippen LogP contribution in [-0.2, 0) is 14.8 Å². The molecular formula is C14H22N2O3S. The van der Waals surface area contributed by atoms with Crippen LogP contribution in [0.2, 0.25) is 0 Å². The molecule has 1 amide bonds. The number of carbonyl (C=O) groups excluding carboxylic acids is 1. The Labute approximate surface area is 121 Å². The normalized spacial score (nSPS) is 12.8. The van der Waals surface area contributed by atoms with Gasteiger partial charge in [-0.2, -0.15) is 0 Å². The molecule has 0 radical (unpaired) electrons. The van der Waals surface area contributed by atoms with E-state index in [9.17, 15) is 13.2 Å². The summed E-state index contributed by atoms with van der Waals surface area (Å²) in [7, 11) is -3.50. The number of nitrogens with one attached hydrogen (secondary N) is 1. The van der Waals surface area contributed by atoms with Crippen LogP contribution in [0.1, 0.15) is 25.8 Å². The Morgan fingerprint density at radius 1 is 1.40 bits per heavy atom. The molecule has 1 atom stereocenters. The van der Waals surface area contributed by atoms with E-state index in [0.717, 1.165) is 22.5 Å². The summed E-state index contributed by atoms with van der Waals surface area (Å²) in [4.78, 5) is 11.9. The average Bonchev–Trinajstić information content (AvgIpc) is 2.34. The Balaban J connectivity index is 2.95. The van der Waals surface area contributed by atoms with Crippen LogP contribution < -0.4 is 9.62 Å². The maximum Gasteiger partial charge on any atom is 0.240 e. The van der Waals surface area contributed by atoms with Crippen LogP contribution in [0.15, 0.2) is 24.3 Å². The summed E-state index contributed by atoms with van der Waals surface area (Å²) in [6, 6.07) is 7.11. The fraction of sp³-hybridized carbons (Fsp3) is 0.500. The van der Waals surface area contributed by atoms with Gasteiger partial charge in [-0.05, 0) is 38.0 Å². The average molecular weight is 298 g/mol. The van der Waals surface area contributed by atoms with E-state index >= 15 is 0 Å². The van der Waals surface area contributed by atoms with Gasteiger partial charge in [0, 0.05) is 6.04 Å². The quantitative estimate of drug-likeness (QED) is 0.869. The number of nitrogens with zero attached hydrogens (tertiary/aromatic N) is 1. The first-order valence-electron chi connectivity index (χ1n) is 6.57. The predicted molar refractivity (Wildman–Crippen MR) is 81.3 cm³/mol. The highest BCUT2D eigenvalue weighted by atomic mass is 32.2. The first-order chi connectivity index (χ1) is 9.24. The lowest BCUT2D eigenvalue weighted by Crippen LogP contribution is -2.43. The van der Waals surface area contributed by atoms with Crippen LogP contribution in [0, 0.1) is 6.92 Å². The van der Waals surface area contributed by atoms with Crippen molar-refractivity contribution in [2.45, 2.75) is 33.2 Å². The van der Waals surface area contributed by atoms with Crippen molar-refractivity contribution in [3.63, 3.8) is 0 Å². The van der Waals surface area contributed by atoms with Crippen LogP contribution in [0.5, 0.6) is 0 Å². The Kier molecular flexibility index (Phi) is 5.56.